The van der Waals surface area contributed by atoms with Gasteiger partial charge in [0.05, 0.1) is 27.9 Å². The summed E-state index contributed by atoms with van der Waals surface area (Å²) < 4.78 is 9.93. The molecule has 0 bridgehead atoms. The van der Waals surface area contributed by atoms with Gasteiger partial charge in [-0.05, 0) is 49.9 Å². The summed E-state index contributed by atoms with van der Waals surface area (Å²) in [7, 11) is 3.77. The average Bonchev–Trinajstić information content (AvgIpc) is 3.35. The molecule has 0 aliphatic carbocycles. The summed E-state index contributed by atoms with van der Waals surface area (Å²) in [5.41, 5.74) is 14.0. The molecule has 4 aromatic rings. The summed E-state index contributed by atoms with van der Waals surface area (Å²) in [6.45, 7) is 4.43. The van der Waals surface area contributed by atoms with Crippen LogP contribution < -0.4 is 11.6 Å². The molecule has 0 spiro atoms. The molecule has 1 aliphatic heterocycles. The topological polar surface area (TPSA) is 100 Å². The maximum atomic E-state index is 6.17. The maximum absolute atomic E-state index is 6.17. The van der Waals surface area contributed by atoms with Gasteiger partial charge in [-0.3, -0.25) is 9.67 Å². The highest BCUT2D eigenvalue weighted by Crippen LogP contribution is 2.34. The number of nitrogens with zero attached hydrogens (tertiary/aromatic N) is 5. The normalized spacial score (nSPS) is 15.9. The van der Waals surface area contributed by atoms with E-state index < -0.39 is 0 Å². The van der Waals surface area contributed by atoms with Crippen LogP contribution in [-0.2, 0) is 18.3 Å². The number of ether oxygens (including phenoxy) is 1. The average molecular weight is 446 g/mol. The Morgan fingerprint density at radius 3 is 2.64 bits per heavy atom. The predicted molar refractivity (Wildman–Crippen MR) is 132 cm³/mol. The number of nitrogens with two attached hydrogens (primary N) is 2. The summed E-state index contributed by atoms with van der Waals surface area (Å²) in [5.74, 6) is 6.66. The molecule has 33 heavy (non-hydrogen) atoms. The van der Waals surface area contributed by atoms with Gasteiger partial charge in [-0.15, -0.1) is 0 Å². The molecule has 0 atom stereocenters. The van der Waals surface area contributed by atoms with Crippen LogP contribution >= 0.6 is 0 Å². The fraction of sp³-hybridized carbons (Fsp3) is 0.360. The van der Waals surface area contributed by atoms with E-state index in [1.807, 2.05) is 37.1 Å². The van der Waals surface area contributed by atoms with Crippen molar-refractivity contribution < 1.29 is 4.74 Å². The van der Waals surface area contributed by atoms with E-state index >= 15 is 0 Å². The zero-order valence-electron chi connectivity index (χ0n) is 19.5. The van der Waals surface area contributed by atoms with Crippen LogP contribution in [0.3, 0.4) is 0 Å². The highest BCUT2D eigenvalue weighted by Gasteiger charge is 2.21. The van der Waals surface area contributed by atoms with E-state index in [9.17, 15) is 0 Å². The van der Waals surface area contributed by atoms with Crippen LogP contribution in [0.25, 0.3) is 38.9 Å². The number of benzene rings is 1. The first-order valence-corrected chi connectivity index (χ1v) is 11.4. The van der Waals surface area contributed by atoms with E-state index in [2.05, 4.69) is 33.9 Å². The SMILES string of the molecule is C/C(N)=C(\c1cnc2c3ccc(-c4ccnn4C)cc3n(CC3CCOCC3)c2c1)N(C)N. The van der Waals surface area contributed by atoms with E-state index in [-0.39, 0.29) is 0 Å². The van der Waals surface area contributed by atoms with Crippen molar-refractivity contribution in [1.82, 2.24) is 24.3 Å². The van der Waals surface area contributed by atoms with E-state index in [1.54, 1.807) is 12.1 Å². The Balaban J connectivity index is 1.73. The lowest BCUT2D eigenvalue weighted by Crippen LogP contribution is -2.26. The van der Waals surface area contributed by atoms with Crippen molar-refractivity contribution in [2.24, 2.45) is 24.5 Å². The summed E-state index contributed by atoms with van der Waals surface area (Å²) >= 11 is 0. The monoisotopic (exact) mass is 445 g/mol. The molecule has 5 rings (SSSR count). The second kappa shape index (κ2) is 8.53. The minimum absolute atomic E-state index is 0.560. The van der Waals surface area contributed by atoms with Crippen LogP contribution in [0.1, 0.15) is 25.3 Å². The van der Waals surface area contributed by atoms with Gasteiger partial charge in [0.15, 0.2) is 0 Å². The van der Waals surface area contributed by atoms with Gasteiger partial charge in [-0.1, -0.05) is 6.07 Å². The summed E-state index contributed by atoms with van der Waals surface area (Å²) in [4.78, 5) is 4.88. The van der Waals surface area contributed by atoms with Crippen LogP contribution in [-0.4, -0.2) is 44.6 Å². The van der Waals surface area contributed by atoms with Gasteiger partial charge < -0.3 is 20.0 Å². The molecule has 8 nitrogen and oxygen atoms in total. The van der Waals surface area contributed by atoms with Crippen molar-refractivity contribution in [2.75, 3.05) is 20.3 Å². The minimum atomic E-state index is 0.560. The number of fused-ring (bicyclic) bond motifs is 3. The Bertz CT molecular complexity index is 1340. The van der Waals surface area contributed by atoms with E-state index in [4.69, 9.17) is 21.3 Å². The summed E-state index contributed by atoms with van der Waals surface area (Å²) in [6.07, 6.45) is 5.82. The Kier molecular flexibility index (Phi) is 5.55. The molecule has 0 amide bonds. The van der Waals surface area contributed by atoms with E-state index in [0.717, 1.165) is 71.5 Å². The molecule has 1 saturated heterocycles. The molecule has 1 fully saturated rings. The van der Waals surface area contributed by atoms with E-state index in [0.29, 0.717) is 11.6 Å². The van der Waals surface area contributed by atoms with Gasteiger partial charge >= 0.3 is 0 Å². The summed E-state index contributed by atoms with van der Waals surface area (Å²) in [5, 5.41) is 7.05. The van der Waals surface area contributed by atoms with Gasteiger partial charge in [-0.25, -0.2) is 5.84 Å². The fourth-order valence-corrected chi connectivity index (χ4v) is 4.99. The lowest BCUT2D eigenvalue weighted by atomic mass is 10.00. The second-order valence-electron chi connectivity index (χ2n) is 8.97. The zero-order chi connectivity index (χ0) is 23.1. The highest BCUT2D eigenvalue weighted by molar-refractivity contribution is 6.07. The van der Waals surface area contributed by atoms with E-state index in [1.165, 1.54) is 5.52 Å². The zero-order valence-corrected chi connectivity index (χ0v) is 19.5. The maximum Gasteiger partial charge on any atom is 0.0960 e. The number of hydrogen-bond acceptors (Lipinski definition) is 6. The largest absolute Gasteiger partial charge is 0.401 e. The molecule has 3 aromatic heterocycles. The van der Waals surface area contributed by atoms with Crippen LogP contribution in [0.2, 0.25) is 0 Å². The highest BCUT2D eigenvalue weighted by atomic mass is 16.5. The third-order valence-electron chi connectivity index (χ3n) is 6.60. The molecular weight excluding hydrogens is 414 g/mol. The van der Waals surface area contributed by atoms with Gasteiger partial charge in [0.1, 0.15) is 0 Å². The lowest BCUT2D eigenvalue weighted by Gasteiger charge is -2.23. The van der Waals surface area contributed by atoms with Crippen molar-refractivity contribution in [3.63, 3.8) is 0 Å². The molecule has 4 N–H and O–H groups in total. The molecular formula is C25H31N7O. The molecule has 1 aromatic carbocycles. The smallest absolute Gasteiger partial charge is 0.0960 e. The van der Waals surface area contributed by atoms with Crippen molar-refractivity contribution in [1.29, 1.82) is 0 Å². The number of allylic oxidation sites excluding steroid dienone is 1. The van der Waals surface area contributed by atoms with Crippen LogP contribution in [0.5, 0.6) is 0 Å². The number of hydrogen-bond donors (Lipinski definition) is 2. The molecule has 8 heteroatoms. The van der Waals surface area contributed by atoms with Crippen molar-refractivity contribution in [3.8, 4) is 11.3 Å². The fourth-order valence-electron chi connectivity index (χ4n) is 4.99. The summed E-state index contributed by atoms with van der Waals surface area (Å²) in [6, 6.07) is 10.8. The third kappa shape index (κ3) is 3.85. The lowest BCUT2D eigenvalue weighted by molar-refractivity contribution is 0.0620. The number of pyridine rings is 1. The van der Waals surface area contributed by atoms with Gasteiger partial charge in [0.25, 0.3) is 0 Å². The number of rotatable bonds is 5. The Hall–Kier alpha value is -3.36. The van der Waals surface area contributed by atoms with Gasteiger partial charge in [-0.2, -0.15) is 5.10 Å². The Morgan fingerprint density at radius 1 is 1.18 bits per heavy atom. The van der Waals surface area contributed by atoms with Gasteiger partial charge in [0.2, 0.25) is 0 Å². The molecule has 4 heterocycles. The number of aryl methyl sites for hydroxylation is 1. The Labute approximate surface area is 193 Å². The molecule has 0 radical (unpaired) electrons. The van der Waals surface area contributed by atoms with Gasteiger partial charge in [0, 0.05) is 68.5 Å². The number of aromatic nitrogens is 4. The van der Waals surface area contributed by atoms with Crippen molar-refractivity contribution >= 4 is 27.6 Å². The number of hydrazine groups is 1. The molecule has 0 unspecified atom stereocenters. The first kappa shape index (κ1) is 21.5. The molecule has 172 valence electrons. The quantitative estimate of drug-likeness (QED) is 0.360. The molecule has 0 saturated carbocycles. The third-order valence-corrected chi connectivity index (χ3v) is 6.60. The molecule has 1 aliphatic rings. The first-order valence-electron chi connectivity index (χ1n) is 11.4. The van der Waals surface area contributed by atoms with Crippen LogP contribution in [0.15, 0.2) is 48.4 Å². The second-order valence-corrected chi connectivity index (χ2v) is 8.97. The van der Waals surface area contributed by atoms with Crippen LogP contribution in [0, 0.1) is 5.92 Å². The van der Waals surface area contributed by atoms with Crippen LogP contribution in [0.4, 0.5) is 0 Å². The predicted octanol–water partition coefficient (Wildman–Crippen LogP) is 3.47. The Morgan fingerprint density at radius 2 is 1.97 bits per heavy atom. The first-order chi connectivity index (χ1) is 15.9. The minimum Gasteiger partial charge on any atom is -0.401 e. The van der Waals surface area contributed by atoms with Crippen molar-refractivity contribution in [2.45, 2.75) is 26.3 Å². The standard InChI is InChI=1S/C25H31N7O/c1-16(26)25(30(2)27)19-13-23-24(28-14-19)20-5-4-18(21-6-9-29-31(21)3)12-22(20)32(23)15-17-7-10-33-11-8-17/h4-6,9,12-14,17H,7-8,10-11,15,26-27H2,1-3H3/b25-16-. The van der Waals surface area contributed by atoms with Crippen molar-refractivity contribution in [3.05, 3.63) is 54.0 Å².